The summed E-state index contributed by atoms with van der Waals surface area (Å²) < 4.78 is 5.50. The molecule has 0 aliphatic rings. The third-order valence-corrected chi connectivity index (χ3v) is 2.16. The lowest BCUT2D eigenvalue weighted by molar-refractivity contribution is 0.357. The maximum absolute atomic E-state index is 8.48. The Morgan fingerprint density at radius 3 is 2.25 bits per heavy atom. The third kappa shape index (κ3) is 9.90. The van der Waals surface area contributed by atoms with Gasteiger partial charge in [-0.15, -0.1) is 0 Å². The molecule has 0 amide bonds. The molecule has 0 unspecified atom stereocenters. The molecule has 0 atom stereocenters. The highest BCUT2D eigenvalue weighted by Gasteiger charge is 2.12. The third-order valence-electron chi connectivity index (χ3n) is 1.13. The molecule has 3 nitrogen and oxygen atoms in total. The van der Waals surface area contributed by atoms with Gasteiger partial charge in [-0.05, 0) is 19.6 Å². The van der Waals surface area contributed by atoms with Gasteiger partial charge in [-0.25, -0.2) is 0 Å². The van der Waals surface area contributed by atoms with Gasteiger partial charge in [0.05, 0.1) is 6.61 Å². The molecule has 0 aromatic rings. The van der Waals surface area contributed by atoms with Gasteiger partial charge in [0.15, 0.2) is 8.32 Å². The minimum Gasteiger partial charge on any atom is -0.427 e. The Morgan fingerprint density at radius 1 is 1.25 bits per heavy atom. The van der Waals surface area contributed by atoms with Crippen LogP contribution in [0.3, 0.4) is 0 Å². The zero-order chi connectivity index (χ0) is 9.61. The van der Waals surface area contributed by atoms with E-state index in [0.29, 0.717) is 6.61 Å². The average molecular weight is 188 g/mol. The fraction of sp³-hybridized carbons (Fsp3) is 0.714. The van der Waals surface area contributed by atoms with E-state index in [0.717, 1.165) is 0 Å². The topological polar surface area (TPSA) is 49.7 Å². The number of rotatable bonds is 5. The lowest BCUT2D eigenvalue weighted by Gasteiger charge is -2.14. The lowest BCUT2D eigenvalue weighted by Crippen LogP contribution is -2.25. The van der Waals surface area contributed by atoms with Crippen molar-refractivity contribution < 1.29 is 14.5 Å². The molecule has 0 spiro atoms. The van der Waals surface area contributed by atoms with Crippen LogP contribution < -0.4 is 0 Å². The molecule has 0 rings (SSSR count). The Hall–Kier alpha value is -0.0982. The highest BCUT2D eigenvalue weighted by Crippen LogP contribution is 2.01. The van der Waals surface area contributed by atoms with Crippen molar-refractivity contribution in [3.8, 4) is 0 Å². The highest BCUT2D eigenvalue weighted by atomic mass is 28.4. The van der Waals surface area contributed by atoms with Gasteiger partial charge in [-0.3, -0.25) is 0 Å². The van der Waals surface area contributed by atoms with Gasteiger partial charge in [-0.1, -0.05) is 12.2 Å². The largest absolute Gasteiger partial charge is 0.455 e. The summed E-state index contributed by atoms with van der Waals surface area (Å²) in [5.74, 6) is 0. The molecule has 0 aromatic carbocycles. The van der Waals surface area contributed by atoms with Crippen LogP contribution in [0.15, 0.2) is 12.2 Å². The van der Waals surface area contributed by atoms with Crippen LogP contribution in [0.5, 0.6) is 0 Å². The monoisotopic (exact) mass is 188 g/mol. The van der Waals surface area contributed by atoms with Gasteiger partial charge in [0.2, 0.25) is 0 Å². The van der Waals surface area contributed by atoms with Crippen molar-refractivity contribution in [2.24, 2.45) is 0 Å². The summed E-state index contributed by atoms with van der Waals surface area (Å²) in [6, 6.07) is 0. The maximum atomic E-state index is 8.48. The van der Waals surface area contributed by atoms with E-state index < -0.39 is 15.4 Å². The first kappa shape index (κ1) is 11.9. The van der Waals surface area contributed by atoms with Crippen molar-refractivity contribution in [2.75, 3.05) is 6.61 Å². The number of hydrogen-bond acceptors (Lipinski definition) is 3. The van der Waals surface area contributed by atoms with Crippen LogP contribution in [0.1, 0.15) is 0 Å². The van der Waals surface area contributed by atoms with Crippen molar-refractivity contribution in [2.45, 2.75) is 26.0 Å². The minimum absolute atomic E-state index is 0.273. The Morgan fingerprint density at radius 2 is 1.83 bits per heavy atom. The van der Waals surface area contributed by atoms with E-state index >= 15 is 0 Å². The van der Waals surface area contributed by atoms with Gasteiger partial charge < -0.3 is 14.5 Å². The fourth-order valence-corrected chi connectivity index (χ4v) is 1.18. The Balaban J connectivity index is 3.37. The standard InChI is InChI=1S/C7H17BO3Si/c1-12(2,3)11-7-5-4-6-8(9)10/h4-5,9-10H,6-7H2,1-3H3/b5-4+. The normalized spacial score (nSPS) is 12.4. The number of allylic oxidation sites excluding steroid dienone is 1. The van der Waals surface area contributed by atoms with Gasteiger partial charge in [0.1, 0.15) is 0 Å². The predicted molar refractivity (Wildman–Crippen MR) is 53.4 cm³/mol. The average Bonchev–Trinajstić information content (AvgIpc) is 1.83. The van der Waals surface area contributed by atoms with E-state index in [1.165, 1.54) is 0 Å². The molecule has 2 N–H and O–H groups in total. The van der Waals surface area contributed by atoms with Crippen molar-refractivity contribution in [1.29, 1.82) is 0 Å². The molecule has 0 radical (unpaired) electrons. The molecule has 0 aromatic heterocycles. The zero-order valence-electron chi connectivity index (χ0n) is 7.95. The summed E-state index contributed by atoms with van der Waals surface area (Å²) in [6.45, 7) is 6.91. The molecule has 0 bridgehead atoms. The van der Waals surface area contributed by atoms with Crippen molar-refractivity contribution in [3.05, 3.63) is 12.2 Å². The van der Waals surface area contributed by atoms with Crippen molar-refractivity contribution >= 4 is 15.4 Å². The van der Waals surface area contributed by atoms with Crippen LogP contribution in [0.2, 0.25) is 26.0 Å². The van der Waals surface area contributed by atoms with Gasteiger partial charge in [0, 0.05) is 6.32 Å². The predicted octanol–water partition coefficient (Wildman–Crippen LogP) is 0.867. The minimum atomic E-state index is -1.41. The molecule has 70 valence electrons. The molecular weight excluding hydrogens is 171 g/mol. The first-order valence-electron chi connectivity index (χ1n) is 4.07. The second kappa shape index (κ2) is 5.53. The van der Waals surface area contributed by atoms with E-state index in [2.05, 4.69) is 19.6 Å². The van der Waals surface area contributed by atoms with Crippen molar-refractivity contribution in [3.63, 3.8) is 0 Å². The smallest absolute Gasteiger partial charge is 0.427 e. The van der Waals surface area contributed by atoms with Crippen LogP contribution in [0, 0.1) is 0 Å². The van der Waals surface area contributed by atoms with Crippen LogP contribution in [0.4, 0.5) is 0 Å². The molecule has 12 heavy (non-hydrogen) atoms. The first-order chi connectivity index (χ1) is 5.42. The summed E-state index contributed by atoms with van der Waals surface area (Å²) in [5, 5.41) is 17.0. The second-order valence-electron chi connectivity index (χ2n) is 3.61. The zero-order valence-corrected chi connectivity index (χ0v) is 8.95. The molecule has 0 saturated carbocycles. The van der Waals surface area contributed by atoms with Gasteiger partial charge >= 0.3 is 7.12 Å². The molecule has 0 fully saturated rings. The van der Waals surface area contributed by atoms with Crippen LogP contribution in [-0.4, -0.2) is 32.1 Å². The summed E-state index contributed by atoms with van der Waals surface area (Å²) >= 11 is 0. The van der Waals surface area contributed by atoms with E-state index in [1.807, 2.05) is 6.08 Å². The molecular formula is C7H17BO3Si. The molecule has 0 heterocycles. The summed E-state index contributed by atoms with van der Waals surface area (Å²) in [7, 11) is -2.65. The Labute approximate surface area is 75.3 Å². The molecule has 0 saturated heterocycles. The first-order valence-corrected chi connectivity index (χ1v) is 7.48. The Kier molecular flexibility index (Phi) is 5.49. The SMILES string of the molecule is C[Si](C)(C)OC/C=C/CB(O)O. The molecule has 0 aliphatic heterocycles. The Bertz CT molecular complexity index is 142. The van der Waals surface area contributed by atoms with E-state index in [1.54, 1.807) is 6.08 Å². The van der Waals surface area contributed by atoms with E-state index in [-0.39, 0.29) is 6.32 Å². The van der Waals surface area contributed by atoms with Crippen LogP contribution in [-0.2, 0) is 4.43 Å². The maximum Gasteiger partial charge on any atom is 0.455 e. The lowest BCUT2D eigenvalue weighted by atomic mass is 9.86. The van der Waals surface area contributed by atoms with Crippen LogP contribution >= 0.6 is 0 Å². The second-order valence-corrected chi connectivity index (χ2v) is 8.12. The van der Waals surface area contributed by atoms with Gasteiger partial charge in [0.25, 0.3) is 0 Å². The highest BCUT2D eigenvalue weighted by molar-refractivity contribution is 6.69. The fourth-order valence-electron chi connectivity index (χ4n) is 0.584. The van der Waals surface area contributed by atoms with Crippen LogP contribution in [0.25, 0.3) is 0 Å². The quantitative estimate of drug-likeness (QED) is 0.497. The summed E-state index contributed by atoms with van der Waals surface area (Å²) in [5.41, 5.74) is 0. The molecule has 0 aliphatic carbocycles. The van der Waals surface area contributed by atoms with Gasteiger partial charge in [-0.2, -0.15) is 0 Å². The number of hydrogen-bond donors (Lipinski definition) is 2. The van der Waals surface area contributed by atoms with Crippen molar-refractivity contribution in [1.82, 2.24) is 0 Å². The van der Waals surface area contributed by atoms with E-state index in [9.17, 15) is 0 Å². The molecule has 5 heteroatoms. The summed E-state index contributed by atoms with van der Waals surface area (Å²) in [4.78, 5) is 0. The summed E-state index contributed by atoms with van der Waals surface area (Å²) in [6.07, 6.45) is 3.80. The van der Waals surface area contributed by atoms with E-state index in [4.69, 9.17) is 14.5 Å².